The van der Waals surface area contributed by atoms with Crippen molar-refractivity contribution in [3.63, 3.8) is 0 Å². The van der Waals surface area contributed by atoms with Gasteiger partial charge in [0.1, 0.15) is 24.1 Å². The lowest BCUT2D eigenvalue weighted by molar-refractivity contribution is -0.320. The quantitative estimate of drug-likeness (QED) is 0.154. The Morgan fingerprint density at radius 3 is 1.81 bits per heavy atom. The number of rotatable bonds is 9. The SMILES string of the molecule is Cc1ccc([C@@H]2O[C@](C)(COC(=O)C(C)(C)C)[C@@H](OC(=O)C(C)(C)C)[C@@](C)(OC(=O)C(C)(C)C)[C@H]2OC(=O)C(C)(C)C)cc1Cc1ccc(-c2ccc(F)cc2)s1. The molecule has 9 nitrogen and oxygen atoms in total. The third-order valence-corrected chi connectivity index (χ3v) is 11.0. The van der Waals surface area contributed by atoms with Gasteiger partial charge in [0.25, 0.3) is 0 Å². The maximum absolute atomic E-state index is 14.0. The largest absolute Gasteiger partial charge is 0.462 e. The van der Waals surface area contributed by atoms with Crippen LogP contribution in [0.2, 0.25) is 0 Å². The molecule has 2 aromatic carbocycles. The first-order valence-electron chi connectivity index (χ1n) is 19.4. The van der Waals surface area contributed by atoms with Gasteiger partial charge in [-0.25, -0.2) is 4.39 Å². The third-order valence-electron chi connectivity index (χ3n) is 9.88. The summed E-state index contributed by atoms with van der Waals surface area (Å²) in [5, 5.41) is 0. The van der Waals surface area contributed by atoms with E-state index in [1.54, 1.807) is 120 Å². The van der Waals surface area contributed by atoms with Crippen LogP contribution in [-0.4, -0.2) is 53.9 Å². The summed E-state index contributed by atoms with van der Waals surface area (Å²) in [7, 11) is 0. The fourth-order valence-corrected chi connectivity index (χ4v) is 7.23. The average molecular weight is 809 g/mol. The molecule has 5 atom stereocenters. The van der Waals surface area contributed by atoms with Gasteiger partial charge in [0.2, 0.25) is 0 Å². The second kappa shape index (κ2) is 16.3. The molecule has 1 saturated heterocycles. The summed E-state index contributed by atoms with van der Waals surface area (Å²) in [5.41, 5.74) is -3.92. The van der Waals surface area contributed by atoms with E-state index in [1.807, 2.05) is 37.3 Å². The fraction of sp³-hybridized carbons (Fsp3) is 0.565. The zero-order valence-electron chi connectivity index (χ0n) is 36.3. The van der Waals surface area contributed by atoms with Crippen molar-refractivity contribution in [3.05, 3.63) is 82.0 Å². The molecule has 0 bridgehead atoms. The van der Waals surface area contributed by atoms with E-state index in [2.05, 4.69) is 0 Å². The Bertz CT molecular complexity index is 1950. The van der Waals surface area contributed by atoms with Crippen LogP contribution in [0.4, 0.5) is 4.39 Å². The van der Waals surface area contributed by atoms with Crippen LogP contribution in [0.5, 0.6) is 0 Å². The molecule has 0 saturated carbocycles. The van der Waals surface area contributed by atoms with Crippen LogP contribution in [0.25, 0.3) is 10.4 Å². The molecule has 1 aliphatic heterocycles. The zero-order chi connectivity index (χ0) is 43.1. The Hall–Kier alpha value is -4.09. The summed E-state index contributed by atoms with van der Waals surface area (Å²) in [4.78, 5) is 57.2. The molecule has 0 unspecified atom stereocenters. The zero-order valence-corrected chi connectivity index (χ0v) is 37.1. The molecule has 4 rings (SSSR count). The van der Waals surface area contributed by atoms with Crippen molar-refractivity contribution in [2.45, 2.75) is 140 Å². The second-order valence-electron chi connectivity index (χ2n) is 19.7. The number of aryl methyl sites for hydroxylation is 1. The molecule has 0 aliphatic carbocycles. The number of carbonyl (C=O) groups excluding carboxylic acids is 4. The number of hydrogen-bond donors (Lipinski definition) is 0. The normalized spacial score (nSPS) is 23.1. The average Bonchev–Trinajstić information content (AvgIpc) is 3.54. The highest BCUT2D eigenvalue weighted by atomic mass is 32.1. The molecule has 1 fully saturated rings. The maximum Gasteiger partial charge on any atom is 0.312 e. The van der Waals surface area contributed by atoms with Crippen molar-refractivity contribution >= 4 is 35.2 Å². The van der Waals surface area contributed by atoms with Gasteiger partial charge in [-0.1, -0.05) is 30.3 Å². The van der Waals surface area contributed by atoms with Crippen molar-refractivity contribution < 1.29 is 47.3 Å². The first kappa shape index (κ1) is 45.6. The van der Waals surface area contributed by atoms with Crippen molar-refractivity contribution in [1.82, 2.24) is 0 Å². The predicted octanol–water partition coefficient (Wildman–Crippen LogP) is 10.1. The first-order valence-corrected chi connectivity index (χ1v) is 20.2. The van der Waals surface area contributed by atoms with Gasteiger partial charge in [0, 0.05) is 16.2 Å². The predicted molar refractivity (Wildman–Crippen MR) is 219 cm³/mol. The molecule has 0 amide bonds. The highest BCUT2D eigenvalue weighted by molar-refractivity contribution is 7.15. The van der Waals surface area contributed by atoms with Gasteiger partial charge in [-0.2, -0.15) is 0 Å². The van der Waals surface area contributed by atoms with Gasteiger partial charge in [-0.15, -0.1) is 11.3 Å². The van der Waals surface area contributed by atoms with E-state index in [-0.39, 0.29) is 12.4 Å². The monoisotopic (exact) mass is 808 g/mol. The number of thiophene rings is 1. The van der Waals surface area contributed by atoms with Crippen LogP contribution in [0.1, 0.15) is 125 Å². The molecule has 3 aromatic rings. The first-order chi connectivity index (χ1) is 26.0. The molecule has 57 heavy (non-hydrogen) atoms. The molecule has 0 radical (unpaired) electrons. The van der Waals surface area contributed by atoms with Crippen LogP contribution in [0, 0.1) is 34.4 Å². The van der Waals surface area contributed by atoms with Gasteiger partial charge in [-0.3, -0.25) is 19.2 Å². The van der Waals surface area contributed by atoms with Crippen LogP contribution in [-0.2, 0) is 49.3 Å². The van der Waals surface area contributed by atoms with E-state index in [4.69, 9.17) is 23.7 Å². The van der Waals surface area contributed by atoms with Crippen LogP contribution < -0.4 is 0 Å². The Balaban J connectivity index is 1.94. The van der Waals surface area contributed by atoms with Gasteiger partial charge < -0.3 is 23.7 Å². The van der Waals surface area contributed by atoms with Gasteiger partial charge in [0.15, 0.2) is 17.8 Å². The summed E-state index contributed by atoms with van der Waals surface area (Å²) >= 11 is 1.60. The Kier molecular flexibility index (Phi) is 13.0. The molecule has 2 heterocycles. The summed E-state index contributed by atoms with van der Waals surface area (Å²) in [6.45, 7) is 25.3. The Morgan fingerprint density at radius 2 is 1.26 bits per heavy atom. The van der Waals surface area contributed by atoms with Crippen LogP contribution in [0.3, 0.4) is 0 Å². The molecular formula is C46H61FO9S. The van der Waals surface area contributed by atoms with Crippen molar-refractivity contribution in [1.29, 1.82) is 0 Å². The topological polar surface area (TPSA) is 114 Å². The summed E-state index contributed by atoms with van der Waals surface area (Å²) in [6, 6.07) is 16.2. The summed E-state index contributed by atoms with van der Waals surface area (Å²) in [5.74, 6) is -2.68. The van der Waals surface area contributed by atoms with Crippen molar-refractivity contribution in [3.8, 4) is 10.4 Å². The lowest BCUT2D eigenvalue weighted by atomic mass is 9.74. The minimum absolute atomic E-state index is 0.300. The molecular weight excluding hydrogens is 748 g/mol. The van der Waals surface area contributed by atoms with E-state index in [0.717, 1.165) is 26.4 Å². The lowest BCUT2D eigenvalue weighted by Gasteiger charge is -2.56. The number of esters is 4. The van der Waals surface area contributed by atoms with Crippen molar-refractivity contribution in [2.75, 3.05) is 6.61 Å². The number of hydrogen-bond acceptors (Lipinski definition) is 10. The molecule has 0 N–H and O–H groups in total. The highest BCUT2D eigenvalue weighted by Crippen LogP contribution is 2.50. The number of halogens is 1. The Morgan fingerprint density at radius 1 is 0.719 bits per heavy atom. The van der Waals surface area contributed by atoms with E-state index in [0.29, 0.717) is 12.0 Å². The van der Waals surface area contributed by atoms with E-state index < -0.39 is 75.1 Å². The summed E-state index contributed by atoms with van der Waals surface area (Å²) < 4.78 is 45.8. The molecule has 1 aromatic heterocycles. The van der Waals surface area contributed by atoms with Gasteiger partial charge in [-0.05, 0) is 150 Å². The summed E-state index contributed by atoms with van der Waals surface area (Å²) in [6.07, 6.45) is -3.32. The number of benzene rings is 2. The van der Waals surface area contributed by atoms with Crippen molar-refractivity contribution in [2.24, 2.45) is 21.7 Å². The highest BCUT2D eigenvalue weighted by Gasteiger charge is 2.66. The van der Waals surface area contributed by atoms with Gasteiger partial charge in [0.05, 0.1) is 21.7 Å². The maximum atomic E-state index is 14.0. The second-order valence-corrected chi connectivity index (χ2v) is 20.9. The number of carbonyl (C=O) groups is 4. The standard InChI is InChI=1S/C46H61FO9S/c1-27-16-17-29(24-30(27)25-32-22-23-33(57-32)28-18-20-31(47)21-19-28)34-35(53-38(49)42(5,6)7)46(15,56-40(51)44(11,12)13)36(54-39(50)43(8,9)10)45(14,55-34)26-52-37(48)41(2,3)4/h16-24,34-36H,25-26H2,1-15H3/t34-,35-,36+,45+,46-/m0/s1. The third kappa shape index (κ3) is 10.7. The Labute approximate surface area is 342 Å². The molecule has 0 spiro atoms. The molecule has 11 heteroatoms. The minimum atomic E-state index is -1.87. The fourth-order valence-electron chi connectivity index (χ4n) is 6.20. The van der Waals surface area contributed by atoms with E-state index in [9.17, 15) is 23.6 Å². The minimum Gasteiger partial charge on any atom is -0.462 e. The lowest BCUT2D eigenvalue weighted by Crippen LogP contribution is -2.72. The molecule has 1 aliphatic rings. The van der Waals surface area contributed by atoms with Gasteiger partial charge >= 0.3 is 23.9 Å². The number of ether oxygens (including phenoxy) is 5. The van der Waals surface area contributed by atoms with Crippen LogP contribution >= 0.6 is 11.3 Å². The van der Waals surface area contributed by atoms with E-state index >= 15 is 0 Å². The molecule has 312 valence electrons. The van der Waals surface area contributed by atoms with Crippen LogP contribution in [0.15, 0.2) is 54.6 Å². The van der Waals surface area contributed by atoms with E-state index in [1.165, 1.54) is 12.1 Å². The smallest absolute Gasteiger partial charge is 0.312 e.